The zero-order valence-electron chi connectivity index (χ0n) is 16.6. The van der Waals surface area contributed by atoms with Crippen molar-refractivity contribution in [1.82, 2.24) is 14.8 Å². The molecule has 1 aromatic rings. The van der Waals surface area contributed by atoms with Gasteiger partial charge in [0.05, 0.1) is 16.9 Å². The lowest BCUT2D eigenvalue weighted by Crippen LogP contribution is -2.42. The van der Waals surface area contributed by atoms with Gasteiger partial charge in [-0.05, 0) is 72.2 Å². The summed E-state index contributed by atoms with van der Waals surface area (Å²) in [5.74, 6) is 0. The molecule has 0 N–H and O–H groups in total. The molecule has 1 aromatic heterocycles. The maximum absolute atomic E-state index is 6.17. The minimum atomic E-state index is -0.314. The Morgan fingerprint density at radius 1 is 1.16 bits per heavy atom. The minimum absolute atomic E-state index is 0.310. The predicted octanol–water partition coefficient (Wildman–Crippen LogP) is 1.91. The van der Waals surface area contributed by atoms with Crippen molar-refractivity contribution in [1.29, 1.82) is 0 Å². The number of hydrogen-bond donors (Lipinski definition) is 0. The van der Waals surface area contributed by atoms with Crippen molar-refractivity contribution in [3.05, 3.63) is 24.0 Å². The predicted molar refractivity (Wildman–Crippen MR) is 102 cm³/mol. The highest BCUT2D eigenvalue weighted by molar-refractivity contribution is 6.62. The minimum Gasteiger partial charge on any atom is -0.399 e. The van der Waals surface area contributed by atoms with E-state index in [1.165, 1.54) is 12.8 Å². The molecule has 0 spiro atoms. The van der Waals surface area contributed by atoms with Gasteiger partial charge in [-0.3, -0.25) is 9.88 Å². The third kappa shape index (κ3) is 4.08. The van der Waals surface area contributed by atoms with Crippen molar-refractivity contribution in [2.24, 2.45) is 0 Å². The van der Waals surface area contributed by atoms with Gasteiger partial charge >= 0.3 is 7.12 Å². The fraction of sp³-hybridized carbons (Fsp3) is 0.737. The van der Waals surface area contributed by atoms with E-state index in [0.717, 1.165) is 30.8 Å². The number of hydrogen-bond acceptors (Lipinski definition) is 5. The van der Waals surface area contributed by atoms with Crippen LogP contribution in [0.1, 0.15) is 46.2 Å². The van der Waals surface area contributed by atoms with Gasteiger partial charge in [0.25, 0.3) is 0 Å². The summed E-state index contributed by atoms with van der Waals surface area (Å²) < 4.78 is 12.3. The zero-order valence-corrected chi connectivity index (χ0v) is 16.6. The zero-order chi connectivity index (χ0) is 18.2. The Bertz CT molecular complexity index is 582. The topological polar surface area (TPSA) is 37.8 Å². The summed E-state index contributed by atoms with van der Waals surface area (Å²) in [6, 6.07) is 4.85. The second kappa shape index (κ2) is 6.99. The number of rotatable bonds is 4. The van der Waals surface area contributed by atoms with Crippen molar-refractivity contribution in [2.75, 3.05) is 27.2 Å². The molecule has 138 valence electrons. The molecule has 3 rings (SSSR count). The van der Waals surface area contributed by atoms with E-state index in [2.05, 4.69) is 62.6 Å². The lowest BCUT2D eigenvalue weighted by molar-refractivity contribution is 0.00578. The molecule has 2 saturated heterocycles. The largest absolute Gasteiger partial charge is 0.494 e. The maximum atomic E-state index is 6.17. The summed E-state index contributed by atoms with van der Waals surface area (Å²) in [6.07, 6.45) is 4.33. The van der Waals surface area contributed by atoms with Gasteiger partial charge < -0.3 is 14.2 Å². The van der Waals surface area contributed by atoms with Gasteiger partial charge in [-0.15, -0.1) is 0 Å². The Hall–Kier alpha value is -0.945. The molecule has 0 atom stereocenters. The van der Waals surface area contributed by atoms with Crippen LogP contribution in [0.15, 0.2) is 18.3 Å². The van der Waals surface area contributed by atoms with E-state index in [4.69, 9.17) is 9.31 Å². The molecule has 2 aliphatic heterocycles. The second-order valence-electron chi connectivity index (χ2n) is 8.64. The first-order chi connectivity index (χ1) is 11.7. The Kier molecular flexibility index (Phi) is 5.27. The van der Waals surface area contributed by atoms with Gasteiger partial charge in [-0.2, -0.15) is 0 Å². The molecule has 25 heavy (non-hydrogen) atoms. The van der Waals surface area contributed by atoms with E-state index >= 15 is 0 Å². The molecule has 0 amide bonds. The van der Waals surface area contributed by atoms with E-state index in [9.17, 15) is 0 Å². The maximum Gasteiger partial charge on any atom is 0.494 e. The Morgan fingerprint density at radius 2 is 1.76 bits per heavy atom. The third-order valence-electron chi connectivity index (χ3n) is 6.04. The Labute approximate surface area is 152 Å². The molecule has 0 radical (unpaired) electrons. The summed E-state index contributed by atoms with van der Waals surface area (Å²) >= 11 is 0. The first-order valence-corrected chi connectivity index (χ1v) is 9.37. The summed E-state index contributed by atoms with van der Waals surface area (Å²) in [5.41, 5.74) is 1.53. The fourth-order valence-corrected chi connectivity index (χ4v) is 3.53. The number of aromatic nitrogens is 1. The summed E-state index contributed by atoms with van der Waals surface area (Å²) in [4.78, 5) is 9.41. The van der Waals surface area contributed by atoms with Crippen LogP contribution in [0.5, 0.6) is 0 Å². The standard InChI is InChI=1S/C19H32BN3O2/c1-18(2)19(3,4)25-20(24-18)15-7-10-21-16(13-15)14-23-11-8-17(9-12-23)22(5)6/h7,10,13,17H,8-9,11-12,14H2,1-6H3. The van der Waals surface area contributed by atoms with Crippen molar-refractivity contribution in [3.63, 3.8) is 0 Å². The van der Waals surface area contributed by atoms with Crippen LogP contribution in [-0.2, 0) is 15.9 Å². The Morgan fingerprint density at radius 3 is 2.32 bits per heavy atom. The number of piperidine rings is 1. The lowest BCUT2D eigenvalue weighted by atomic mass is 9.79. The Balaban J connectivity index is 1.63. The summed E-state index contributed by atoms with van der Waals surface area (Å²) in [7, 11) is 4.04. The van der Waals surface area contributed by atoms with Crippen molar-refractivity contribution in [3.8, 4) is 0 Å². The molecule has 5 nitrogen and oxygen atoms in total. The van der Waals surface area contributed by atoms with Crippen LogP contribution in [0, 0.1) is 0 Å². The average molecular weight is 345 g/mol. The van der Waals surface area contributed by atoms with Crippen LogP contribution in [0.3, 0.4) is 0 Å². The van der Waals surface area contributed by atoms with E-state index in [-0.39, 0.29) is 18.3 Å². The van der Waals surface area contributed by atoms with Crippen LogP contribution < -0.4 is 5.46 Å². The van der Waals surface area contributed by atoms with Gasteiger partial charge in [-0.25, -0.2) is 0 Å². The van der Waals surface area contributed by atoms with E-state index in [1.54, 1.807) is 0 Å². The highest BCUT2D eigenvalue weighted by Crippen LogP contribution is 2.36. The quantitative estimate of drug-likeness (QED) is 0.780. The third-order valence-corrected chi connectivity index (χ3v) is 6.04. The average Bonchev–Trinajstić information content (AvgIpc) is 2.76. The first-order valence-electron chi connectivity index (χ1n) is 9.37. The molecule has 0 aliphatic carbocycles. The second-order valence-corrected chi connectivity index (χ2v) is 8.64. The molecule has 2 fully saturated rings. The molecule has 0 unspecified atom stereocenters. The molecule has 0 saturated carbocycles. The SMILES string of the molecule is CN(C)C1CCN(Cc2cc(B3OC(C)(C)C(C)(C)O3)ccn2)CC1. The summed E-state index contributed by atoms with van der Waals surface area (Å²) in [6.45, 7) is 11.5. The molecule has 0 bridgehead atoms. The molecule has 3 heterocycles. The van der Waals surface area contributed by atoms with Crippen LogP contribution in [-0.4, -0.2) is 66.3 Å². The highest BCUT2D eigenvalue weighted by atomic mass is 16.7. The number of pyridine rings is 1. The van der Waals surface area contributed by atoms with Gasteiger partial charge in [-0.1, -0.05) is 0 Å². The van der Waals surface area contributed by atoms with Gasteiger partial charge in [0.2, 0.25) is 0 Å². The van der Waals surface area contributed by atoms with Gasteiger partial charge in [0.1, 0.15) is 0 Å². The molecule has 0 aromatic carbocycles. The van der Waals surface area contributed by atoms with E-state index in [1.807, 2.05) is 12.3 Å². The molecular weight excluding hydrogens is 313 g/mol. The smallest absolute Gasteiger partial charge is 0.399 e. The molecule has 6 heteroatoms. The monoisotopic (exact) mass is 345 g/mol. The van der Waals surface area contributed by atoms with Crippen LogP contribution in [0.4, 0.5) is 0 Å². The van der Waals surface area contributed by atoms with Crippen LogP contribution in [0.25, 0.3) is 0 Å². The van der Waals surface area contributed by atoms with Gasteiger partial charge in [0.15, 0.2) is 0 Å². The van der Waals surface area contributed by atoms with E-state index in [0.29, 0.717) is 6.04 Å². The van der Waals surface area contributed by atoms with Gasteiger partial charge in [0, 0.05) is 31.9 Å². The normalized spacial score (nSPS) is 24.2. The fourth-order valence-electron chi connectivity index (χ4n) is 3.53. The first kappa shape index (κ1) is 18.8. The number of nitrogens with zero attached hydrogens (tertiary/aromatic N) is 3. The number of likely N-dealkylation sites (tertiary alicyclic amines) is 1. The van der Waals surface area contributed by atoms with E-state index < -0.39 is 0 Å². The van der Waals surface area contributed by atoms with Crippen molar-refractivity contribution in [2.45, 2.75) is 64.3 Å². The van der Waals surface area contributed by atoms with Crippen LogP contribution in [0.2, 0.25) is 0 Å². The lowest BCUT2D eigenvalue weighted by Gasteiger charge is -2.35. The summed E-state index contributed by atoms with van der Waals surface area (Å²) in [5, 5.41) is 0. The van der Waals surface area contributed by atoms with Crippen molar-refractivity contribution >= 4 is 12.6 Å². The highest BCUT2D eigenvalue weighted by Gasteiger charge is 2.51. The molecule has 2 aliphatic rings. The van der Waals surface area contributed by atoms with Crippen LogP contribution >= 0.6 is 0 Å². The molecular formula is C19H32BN3O2. The van der Waals surface area contributed by atoms with Crippen molar-refractivity contribution < 1.29 is 9.31 Å².